The van der Waals surface area contributed by atoms with Crippen LogP contribution in [0.5, 0.6) is 5.88 Å². The topological polar surface area (TPSA) is 73.1 Å². The molecule has 106 valence electrons. The van der Waals surface area contributed by atoms with Crippen molar-refractivity contribution < 1.29 is 4.74 Å². The highest BCUT2D eigenvalue weighted by Gasteiger charge is 2.30. The maximum absolute atomic E-state index is 5.97. The Bertz CT molecular complexity index is 391. The van der Waals surface area contributed by atoms with Crippen LogP contribution in [-0.4, -0.2) is 29.7 Å². The number of anilines is 1. The molecule has 0 amide bonds. The fraction of sp³-hybridized carbons (Fsp3) is 0.714. The van der Waals surface area contributed by atoms with Crippen LogP contribution in [0.4, 0.5) is 5.95 Å². The number of ether oxygens (including phenoxy) is 1. The maximum Gasteiger partial charge on any atom is 0.225 e. The summed E-state index contributed by atoms with van der Waals surface area (Å²) in [6.07, 6.45) is 8.00. The fourth-order valence-electron chi connectivity index (χ4n) is 2.68. The van der Waals surface area contributed by atoms with Crippen molar-refractivity contribution >= 4 is 5.95 Å². The highest BCUT2D eigenvalue weighted by atomic mass is 16.5. The van der Waals surface area contributed by atoms with Gasteiger partial charge in [0.05, 0.1) is 6.61 Å². The molecule has 5 heteroatoms. The molecule has 0 aliphatic heterocycles. The molecule has 1 heterocycles. The predicted molar refractivity (Wildman–Crippen MR) is 76.3 cm³/mol. The van der Waals surface area contributed by atoms with Crippen molar-refractivity contribution in [1.29, 1.82) is 0 Å². The molecule has 2 rings (SSSR count). The smallest absolute Gasteiger partial charge is 0.225 e. The molecule has 0 saturated heterocycles. The molecular formula is C14H24N4O. The third-order valence-electron chi connectivity index (χ3n) is 3.89. The van der Waals surface area contributed by atoms with E-state index in [1.165, 1.54) is 32.1 Å². The van der Waals surface area contributed by atoms with Gasteiger partial charge in [-0.3, -0.25) is 0 Å². The van der Waals surface area contributed by atoms with Gasteiger partial charge in [0.25, 0.3) is 0 Å². The Balaban J connectivity index is 1.94. The summed E-state index contributed by atoms with van der Waals surface area (Å²) in [6.45, 7) is 4.13. The lowest BCUT2D eigenvalue weighted by atomic mass is 9.74. The van der Waals surface area contributed by atoms with Gasteiger partial charge in [0.2, 0.25) is 11.8 Å². The van der Waals surface area contributed by atoms with E-state index in [0.29, 0.717) is 18.4 Å². The van der Waals surface area contributed by atoms with Gasteiger partial charge in [0.1, 0.15) is 0 Å². The zero-order valence-electron chi connectivity index (χ0n) is 11.7. The van der Waals surface area contributed by atoms with E-state index in [9.17, 15) is 0 Å². The summed E-state index contributed by atoms with van der Waals surface area (Å²) in [4.78, 5) is 8.56. The Kier molecular flexibility index (Phi) is 4.96. The Morgan fingerprint density at radius 3 is 2.84 bits per heavy atom. The van der Waals surface area contributed by atoms with Crippen LogP contribution in [0.3, 0.4) is 0 Å². The normalized spacial score (nSPS) is 18.0. The van der Waals surface area contributed by atoms with Gasteiger partial charge in [-0.05, 0) is 31.7 Å². The van der Waals surface area contributed by atoms with E-state index in [-0.39, 0.29) is 5.41 Å². The lowest BCUT2D eigenvalue weighted by Crippen LogP contribution is -2.39. The summed E-state index contributed by atoms with van der Waals surface area (Å²) < 4.78 is 5.37. The summed E-state index contributed by atoms with van der Waals surface area (Å²) in [5.41, 5.74) is 6.19. The van der Waals surface area contributed by atoms with Crippen LogP contribution in [0.15, 0.2) is 12.3 Å². The zero-order chi connectivity index (χ0) is 13.6. The van der Waals surface area contributed by atoms with Gasteiger partial charge in [-0.2, -0.15) is 4.98 Å². The van der Waals surface area contributed by atoms with E-state index in [2.05, 4.69) is 15.3 Å². The number of nitrogens with one attached hydrogen (secondary N) is 1. The van der Waals surface area contributed by atoms with Crippen molar-refractivity contribution in [2.24, 2.45) is 11.1 Å². The fourth-order valence-corrected chi connectivity index (χ4v) is 2.68. The lowest BCUT2D eigenvalue weighted by Gasteiger charge is -2.36. The van der Waals surface area contributed by atoms with Crippen molar-refractivity contribution in [3.05, 3.63) is 12.3 Å². The van der Waals surface area contributed by atoms with Crippen LogP contribution < -0.4 is 15.8 Å². The van der Waals surface area contributed by atoms with Gasteiger partial charge in [0, 0.05) is 18.8 Å². The third-order valence-corrected chi connectivity index (χ3v) is 3.89. The molecule has 0 unspecified atom stereocenters. The van der Waals surface area contributed by atoms with E-state index in [0.717, 1.165) is 13.1 Å². The molecule has 0 atom stereocenters. The molecule has 5 nitrogen and oxygen atoms in total. The molecule has 1 aromatic heterocycles. The van der Waals surface area contributed by atoms with E-state index >= 15 is 0 Å². The summed E-state index contributed by atoms with van der Waals surface area (Å²) >= 11 is 0. The Hall–Kier alpha value is -1.36. The molecule has 19 heavy (non-hydrogen) atoms. The number of hydrogen-bond acceptors (Lipinski definition) is 5. The van der Waals surface area contributed by atoms with E-state index in [1.54, 1.807) is 12.3 Å². The average Bonchev–Trinajstić information content (AvgIpc) is 2.47. The number of rotatable bonds is 6. The summed E-state index contributed by atoms with van der Waals surface area (Å²) in [5.74, 6) is 1.25. The van der Waals surface area contributed by atoms with Crippen LogP contribution >= 0.6 is 0 Å². The maximum atomic E-state index is 5.97. The number of nitrogens with zero attached hydrogens (tertiary/aromatic N) is 2. The first kappa shape index (κ1) is 14.1. The first-order valence-electron chi connectivity index (χ1n) is 7.18. The first-order valence-corrected chi connectivity index (χ1v) is 7.18. The second-order valence-electron chi connectivity index (χ2n) is 5.27. The standard InChI is InChI=1S/C14H24N4O/c1-2-19-12-6-9-16-13(18-12)17-11-14(10-15)7-4-3-5-8-14/h6,9H,2-5,7-8,10-11,15H2,1H3,(H,16,17,18). The van der Waals surface area contributed by atoms with Crippen LogP contribution in [0, 0.1) is 5.41 Å². The molecule has 0 radical (unpaired) electrons. The first-order chi connectivity index (χ1) is 9.28. The van der Waals surface area contributed by atoms with E-state index in [1.807, 2.05) is 6.92 Å². The highest BCUT2D eigenvalue weighted by molar-refractivity contribution is 5.28. The SMILES string of the molecule is CCOc1ccnc(NCC2(CN)CCCCC2)n1. The minimum absolute atomic E-state index is 0.212. The van der Waals surface area contributed by atoms with Gasteiger partial charge in [0.15, 0.2) is 0 Å². The van der Waals surface area contributed by atoms with Crippen LogP contribution in [0.2, 0.25) is 0 Å². The zero-order valence-corrected chi connectivity index (χ0v) is 11.7. The van der Waals surface area contributed by atoms with Gasteiger partial charge in [-0.25, -0.2) is 4.98 Å². The Labute approximate surface area is 115 Å². The summed E-state index contributed by atoms with van der Waals surface area (Å²) in [6, 6.07) is 1.77. The molecule has 0 bridgehead atoms. The molecule has 0 aromatic carbocycles. The van der Waals surface area contributed by atoms with Crippen LogP contribution in [0.25, 0.3) is 0 Å². The second-order valence-corrected chi connectivity index (χ2v) is 5.27. The van der Waals surface area contributed by atoms with Gasteiger partial charge in [-0.1, -0.05) is 19.3 Å². The minimum Gasteiger partial charge on any atom is -0.478 e. The Morgan fingerprint density at radius 2 is 2.16 bits per heavy atom. The minimum atomic E-state index is 0.212. The van der Waals surface area contributed by atoms with Crippen molar-refractivity contribution in [3.63, 3.8) is 0 Å². The van der Waals surface area contributed by atoms with Crippen molar-refractivity contribution in [2.45, 2.75) is 39.0 Å². The molecule has 1 saturated carbocycles. The number of aromatic nitrogens is 2. The number of nitrogens with two attached hydrogens (primary N) is 1. The molecule has 1 aromatic rings. The molecule has 3 N–H and O–H groups in total. The second kappa shape index (κ2) is 6.70. The molecule has 1 aliphatic rings. The van der Waals surface area contributed by atoms with Crippen LogP contribution in [0.1, 0.15) is 39.0 Å². The summed E-state index contributed by atoms with van der Waals surface area (Å²) in [5, 5.41) is 3.32. The molecular weight excluding hydrogens is 240 g/mol. The molecule has 0 spiro atoms. The summed E-state index contributed by atoms with van der Waals surface area (Å²) in [7, 11) is 0. The Morgan fingerprint density at radius 1 is 1.37 bits per heavy atom. The average molecular weight is 264 g/mol. The van der Waals surface area contributed by atoms with Gasteiger partial charge >= 0.3 is 0 Å². The molecule has 1 aliphatic carbocycles. The predicted octanol–water partition coefficient (Wildman–Crippen LogP) is 2.20. The van der Waals surface area contributed by atoms with E-state index in [4.69, 9.17) is 10.5 Å². The van der Waals surface area contributed by atoms with Crippen molar-refractivity contribution in [3.8, 4) is 5.88 Å². The monoisotopic (exact) mass is 264 g/mol. The third kappa shape index (κ3) is 3.80. The largest absolute Gasteiger partial charge is 0.478 e. The quantitative estimate of drug-likeness (QED) is 0.824. The van der Waals surface area contributed by atoms with Crippen LogP contribution in [-0.2, 0) is 0 Å². The van der Waals surface area contributed by atoms with Crippen molar-refractivity contribution in [2.75, 3.05) is 25.0 Å². The van der Waals surface area contributed by atoms with Crippen molar-refractivity contribution in [1.82, 2.24) is 9.97 Å². The number of hydrogen-bond donors (Lipinski definition) is 2. The van der Waals surface area contributed by atoms with Gasteiger partial charge in [-0.15, -0.1) is 0 Å². The highest BCUT2D eigenvalue weighted by Crippen LogP contribution is 2.35. The van der Waals surface area contributed by atoms with Gasteiger partial charge < -0.3 is 15.8 Å². The van der Waals surface area contributed by atoms with E-state index < -0.39 is 0 Å². The lowest BCUT2D eigenvalue weighted by molar-refractivity contribution is 0.215. The molecule has 1 fully saturated rings.